The first-order chi connectivity index (χ1) is 6.83. The Labute approximate surface area is 91.3 Å². The number of benzene rings is 2. The summed E-state index contributed by atoms with van der Waals surface area (Å²) in [4.78, 5) is 3.42. The first-order valence-corrected chi connectivity index (χ1v) is 5.11. The van der Waals surface area contributed by atoms with Crippen LogP contribution in [-0.2, 0) is 6.54 Å². The number of hydrogen-bond acceptors (Lipinski definition) is 0. The fourth-order valence-corrected chi connectivity index (χ4v) is 2.03. The predicted octanol–water partition coefficient (Wildman–Crippen LogP) is 4.02. The molecule has 2 heteroatoms. The summed E-state index contributed by atoms with van der Waals surface area (Å²) in [5.41, 5.74) is 1.10. The second-order valence-electron chi connectivity index (χ2n) is 3.07. The fourth-order valence-electron chi connectivity index (χ4n) is 1.55. The minimum absolute atomic E-state index is 0.452. The van der Waals surface area contributed by atoms with Crippen LogP contribution < -0.4 is 0 Å². The number of hydrogen-bond donors (Lipinski definition) is 0. The largest absolute Gasteiger partial charge is 0.312 e. The highest BCUT2D eigenvalue weighted by Crippen LogP contribution is 2.27. The lowest BCUT2D eigenvalue weighted by Crippen LogP contribution is -1.83. The Morgan fingerprint density at radius 3 is 2.50 bits per heavy atom. The SMILES string of the molecule is [C-]#[N+]Cc1ccc(Br)c2ccccc12. The van der Waals surface area contributed by atoms with Gasteiger partial charge in [0.2, 0.25) is 6.54 Å². The average Bonchev–Trinajstić information content (AvgIpc) is 2.23. The summed E-state index contributed by atoms with van der Waals surface area (Å²) >= 11 is 3.50. The molecule has 0 bridgehead atoms. The third-order valence-electron chi connectivity index (χ3n) is 2.21. The summed E-state index contributed by atoms with van der Waals surface area (Å²) in [7, 11) is 0. The van der Waals surface area contributed by atoms with Gasteiger partial charge < -0.3 is 4.85 Å². The van der Waals surface area contributed by atoms with Crippen LogP contribution in [0.3, 0.4) is 0 Å². The molecule has 0 unspecified atom stereocenters. The molecule has 0 aliphatic heterocycles. The van der Waals surface area contributed by atoms with Crippen LogP contribution in [0, 0.1) is 6.57 Å². The molecule has 2 rings (SSSR count). The van der Waals surface area contributed by atoms with E-state index in [0.29, 0.717) is 6.54 Å². The van der Waals surface area contributed by atoms with E-state index in [9.17, 15) is 0 Å². The van der Waals surface area contributed by atoms with Gasteiger partial charge >= 0.3 is 0 Å². The van der Waals surface area contributed by atoms with Gasteiger partial charge in [0.25, 0.3) is 0 Å². The van der Waals surface area contributed by atoms with Gasteiger partial charge in [0.15, 0.2) is 0 Å². The molecule has 0 saturated carbocycles. The smallest absolute Gasteiger partial charge is 0.240 e. The highest BCUT2D eigenvalue weighted by molar-refractivity contribution is 9.10. The first kappa shape index (κ1) is 9.23. The van der Waals surface area contributed by atoms with Crippen molar-refractivity contribution in [1.29, 1.82) is 0 Å². The second-order valence-corrected chi connectivity index (χ2v) is 3.92. The van der Waals surface area contributed by atoms with Crippen molar-refractivity contribution in [2.75, 3.05) is 0 Å². The lowest BCUT2D eigenvalue weighted by atomic mass is 10.1. The van der Waals surface area contributed by atoms with Gasteiger partial charge in [0.05, 0.1) is 0 Å². The van der Waals surface area contributed by atoms with E-state index in [4.69, 9.17) is 6.57 Å². The lowest BCUT2D eigenvalue weighted by molar-refractivity contribution is 1.29. The molecule has 2 aromatic carbocycles. The van der Waals surface area contributed by atoms with Gasteiger partial charge in [0.1, 0.15) is 0 Å². The van der Waals surface area contributed by atoms with E-state index in [1.54, 1.807) is 0 Å². The summed E-state index contributed by atoms with van der Waals surface area (Å²) in [6.07, 6.45) is 0. The van der Waals surface area contributed by atoms with Crippen molar-refractivity contribution >= 4 is 26.7 Å². The van der Waals surface area contributed by atoms with Crippen molar-refractivity contribution in [3.05, 3.63) is 57.9 Å². The van der Waals surface area contributed by atoms with E-state index >= 15 is 0 Å². The van der Waals surface area contributed by atoms with Crippen LogP contribution in [-0.4, -0.2) is 0 Å². The zero-order valence-electron chi connectivity index (χ0n) is 7.50. The lowest BCUT2D eigenvalue weighted by Gasteiger charge is -2.02. The molecule has 68 valence electrons. The Hall–Kier alpha value is -1.33. The topological polar surface area (TPSA) is 4.36 Å². The first-order valence-electron chi connectivity index (χ1n) is 4.32. The van der Waals surface area contributed by atoms with Gasteiger partial charge in [0, 0.05) is 10.0 Å². The van der Waals surface area contributed by atoms with Crippen molar-refractivity contribution in [3.63, 3.8) is 0 Å². The Kier molecular flexibility index (Phi) is 2.51. The summed E-state index contributed by atoms with van der Waals surface area (Å²) in [5, 5.41) is 2.34. The average molecular weight is 246 g/mol. The van der Waals surface area contributed by atoms with Crippen LogP contribution >= 0.6 is 15.9 Å². The third-order valence-corrected chi connectivity index (χ3v) is 2.90. The minimum atomic E-state index is 0.452. The molecule has 0 fully saturated rings. The predicted molar refractivity (Wildman–Crippen MR) is 62.0 cm³/mol. The molecule has 0 amide bonds. The normalized spacial score (nSPS) is 10.0. The molecular formula is C12H8BrN. The molecule has 14 heavy (non-hydrogen) atoms. The maximum Gasteiger partial charge on any atom is 0.240 e. The third kappa shape index (κ3) is 1.51. The van der Waals surface area contributed by atoms with Gasteiger partial charge in [-0.05, 0) is 22.9 Å². The Morgan fingerprint density at radius 1 is 1.07 bits per heavy atom. The maximum atomic E-state index is 6.88. The Balaban J connectivity index is 2.76. The quantitative estimate of drug-likeness (QED) is 0.669. The van der Waals surface area contributed by atoms with Crippen molar-refractivity contribution in [3.8, 4) is 0 Å². The summed E-state index contributed by atoms with van der Waals surface area (Å²) in [5.74, 6) is 0. The molecule has 0 radical (unpaired) electrons. The van der Waals surface area contributed by atoms with Crippen molar-refractivity contribution in [2.24, 2.45) is 0 Å². The monoisotopic (exact) mass is 245 g/mol. The number of fused-ring (bicyclic) bond motifs is 1. The summed E-state index contributed by atoms with van der Waals surface area (Å²) in [6, 6.07) is 12.1. The number of halogens is 1. The Bertz CT molecular complexity index is 511. The van der Waals surface area contributed by atoms with E-state index in [2.05, 4.69) is 32.9 Å². The molecule has 0 aromatic heterocycles. The molecule has 0 atom stereocenters. The van der Waals surface area contributed by atoms with Crippen LogP contribution in [0.1, 0.15) is 5.56 Å². The van der Waals surface area contributed by atoms with Crippen LogP contribution in [0.15, 0.2) is 40.9 Å². The van der Waals surface area contributed by atoms with Gasteiger partial charge in [-0.3, -0.25) is 0 Å². The van der Waals surface area contributed by atoms with Crippen molar-refractivity contribution in [2.45, 2.75) is 6.54 Å². The number of nitrogens with zero attached hydrogens (tertiary/aromatic N) is 1. The van der Waals surface area contributed by atoms with Crippen LogP contribution in [0.5, 0.6) is 0 Å². The minimum Gasteiger partial charge on any atom is -0.312 e. The molecule has 0 saturated heterocycles. The Morgan fingerprint density at radius 2 is 1.79 bits per heavy atom. The fraction of sp³-hybridized carbons (Fsp3) is 0.0833. The van der Waals surface area contributed by atoms with E-state index in [0.717, 1.165) is 15.4 Å². The van der Waals surface area contributed by atoms with Gasteiger partial charge in [-0.2, -0.15) is 0 Å². The van der Waals surface area contributed by atoms with Crippen LogP contribution in [0.4, 0.5) is 0 Å². The van der Waals surface area contributed by atoms with Gasteiger partial charge in [-0.15, -0.1) is 0 Å². The summed E-state index contributed by atoms with van der Waals surface area (Å²) < 4.78 is 1.09. The van der Waals surface area contributed by atoms with E-state index in [1.165, 1.54) is 5.39 Å². The summed E-state index contributed by atoms with van der Waals surface area (Å²) in [6.45, 7) is 7.33. The molecule has 0 heterocycles. The molecule has 0 aliphatic rings. The van der Waals surface area contributed by atoms with Crippen LogP contribution in [0.2, 0.25) is 0 Å². The molecule has 2 aromatic rings. The van der Waals surface area contributed by atoms with E-state index in [1.807, 2.05) is 24.3 Å². The van der Waals surface area contributed by atoms with Crippen molar-refractivity contribution in [1.82, 2.24) is 0 Å². The van der Waals surface area contributed by atoms with E-state index < -0.39 is 0 Å². The highest BCUT2D eigenvalue weighted by Gasteiger charge is 2.04. The highest BCUT2D eigenvalue weighted by atomic mass is 79.9. The standard InChI is InChI=1S/C12H8BrN/c1-14-8-9-6-7-12(13)11-5-3-2-4-10(9)11/h2-7H,8H2. The number of rotatable bonds is 1. The molecule has 0 spiro atoms. The van der Waals surface area contributed by atoms with E-state index in [-0.39, 0.29) is 0 Å². The molecule has 0 N–H and O–H groups in total. The van der Waals surface area contributed by atoms with Gasteiger partial charge in [-0.25, -0.2) is 6.57 Å². The van der Waals surface area contributed by atoms with Crippen molar-refractivity contribution < 1.29 is 0 Å². The molecule has 0 aliphatic carbocycles. The zero-order chi connectivity index (χ0) is 9.97. The maximum absolute atomic E-state index is 6.88. The second kappa shape index (κ2) is 3.81. The van der Waals surface area contributed by atoms with Gasteiger partial charge in [-0.1, -0.05) is 40.2 Å². The molecular weight excluding hydrogens is 238 g/mol. The molecule has 1 nitrogen and oxygen atoms in total. The van der Waals surface area contributed by atoms with Crippen LogP contribution in [0.25, 0.3) is 15.6 Å². The zero-order valence-corrected chi connectivity index (χ0v) is 9.08.